The van der Waals surface area contributed by atoms with Crippen LogP contribution in [0.3, 0.4) is 0 Å². The molecular formula is C22H19ClF3N5O6. The fraction of sp³-hybridized carbons (Fsp3) is 0.318. The summed E-state index contributed by atoms with van der Waals surface area (Å²) in [6.45, 7) is 2.17. The number of hydrogen-bond acceptors (Lipinski definition) is 8. The van der Waals surface area contributed by atoms with Crippen molar-refractivity contribution in [3.63, 3.8) is 0 Å². The Balaban J connectivity index is 1.96. The molecule has 2 aromatic heterocycles. The van der Waals surface area contributed by atoms with Gasteiger partial charge >= 0.3 is 18.0 Å². The summed E-state index contributed by atoms with van der Waals surface area (Å²) in [4.78, 5) is 37.0. The summed E-state index contributed by atoms with van der Waals surface area (Å²) in [5.41, 5.74) is -3.25. The first kappa shape index (κ1) is 27.3. The van der Waals surface area contributed by atoms with Gasteiger partial charge in [0.1, 0.15) is 11.3 Å². The second-order valence-electron chi connectivity index (χ2n) is 7.83. The zero-order valence-corrected chi connectivity index (χ0v) is 20.3. The quantitative estimate of drug-likeness (QED) is 0.414. The Morgan fingerprint density at radius 1 is 1.24 bits per heavy atom. The Morgan fingerprint density at radius 2 is 1.95 bits per heavy atom. The van der Waals surface area contributed by atoms with Gasteiger partial charge in [-0.05, 0) is 38.1 Å². The first-order valence-electron chi connectivity index (χ1n) is 10.5. The van der Waals surface area contributed by atoms with Crippen LogP contribution in [0.5, 0.6) is 11.5 Å². The Morgan fingerprint density at radius 3 is 2.57 bits per heavy atom. The maximum Gasteiger partial charge on any atom is 0.510 e. The van der Waals surface area contributed by atoms with Crippen LogP contribution in [0.25, 0.3) is 0 Å². The molecule has 0 saturated carbocycles. The Kier molecular flexibility index (Phi) is 7.97. The predicted molar refractivity (Wildman–Crippen MR) is 121 cm³/mol. The van der Waals surface area contributed by atoms with Crippen LogP contribution < -0.4 is 16.0 Å². The van der Waals surface area contributed by atoms with Crippen LogP contribution in [0.1, 0.15) is 30.8 Å². The summed E-state index contributed by atoms with van der Waals surface area (Å²) >= 11 is 5.89. The van der Waals surface area contributed by atoms with Gasteiger partial charge < -0.3 is 18.8 Å². The molecule has 196 valence electrons. The summed E-state index contributed by atoms with van der Waals surface area (Å²) in [7, 11) is 1.32. The Hall–Kier alpha value is -4.25. The molecule has 15 heteroatoms. The van der Waals surface area contributed by atoms with Gasteiger partial charge in [0.25, 0.3) is 5.56 Å². The molecule has 1 aromatic carbocycles. The highest BCUT2D eigenvalue weighted by Crippen LogP contribution is 2.36. The summed E-state index contributed by atoms with van der Waals surface area (Å²) in [6, 6.07) is 5.96. The topological polar surface area (TPSA) is 130 Å². The molecule has 37 heavy (non-hydrogen) atoms. The average molecular weight is 542 g/mol. The van der Waals surface area contributed by atoms with Gasteiger partial charge in [0.2, 0.25) is 5.75 Å². The second kappa shape index (κ2) is 10.8. The van der Waals surface area contributed by atoms with E-state index >= 15 is 0 Å². The van der Waals surface area contributed by atoms with Crippen molar-refractivity contribution < 1.29 is 32.2 Å². The van der Waals surface area contributed by atoms with Gasteiger partial charge in [-0.1, -0.05) is 11.6 Å². The van der Waals surface area contributed by atoms with Crippen LogP contribution in [0.2, 0.25) is 5.02 Å². The molecule has 11 nitrogen and oxygen atoms in total. The standard InChI is InChI=1S/C22H19ClF3N5O6/c1-12(2)36-21(34)35-11-31-20(33)29(3)17(28-31)10-30-5-4-16(22(24,25)26)18(19(30)32)37-15-7-13(9-27)6-14(23)8-15/h4-8,12H,10-11H2,1-3H3. The number of aromatic nitrogens is 4. The van der Waals surface area contributed by atoms with Gasteiger partial charge in [-0.2, -0.15) is 23.1 Å². The van der Waals surface area contributed by atoms with Gasteiger partial charge in [-0.25, -0.2) is 9.59 Å². The van der Waals surface area contributed by atoms with Crippen molar-refractivity contribution in [1.82, 2.24) is 18.9 Å². The number of benzene rings is 1. The number of alkyl halides is 3. The van der Waals surface area contributed by atoms with Crippen LogP contribution in [0, 0.1) is 11.3 Å². The molecule has 3 rings (SSSR count). The molecule has 0 spiro atoms. The third-order valence-corrected chi connectivity index (χ3v) is 4.94. The molecule has 3 aromatic rings. The molecule has 0 aliphatic rings. The SMILES string of the molecule is CC(C)OC(=O)OCn1nc(Cn2ccc(C(F)(F)F)c(Oc3cc(Cl)cc(C#N)c3)c2=O)n(C)c1=O. The fourth-order valence-electron chi connectivity index (χ4n) is 3.05. The van der Waals surface area contributed by atoms with Crippen LogP contribution in [0.4, 0.5) is 18.0 Å². The minimum Gasteiger partial charge on any atom is -0.451 e. The molecule has 0 atom stereocenters. The number of nitrogens with zero attached hydrogens (tertiary/aromatic N) is 5. The lowest BCUT2D eigenvalue weighted by atomic mass is 10.2. The smallest absolute Gasteiger partial charge is 0.451 e. The van der Waals surface area contributed by atoms with E-state index in [2.05, 4.69) is 5.10 Å². The van der Waals surface area contributed by atoms with Crippen molar-refractivity contribution in [3.05, 3.63) is 73.3 Å². The molecule has 0 unspecified atom stereocenters. The minimum absolute atomic E-state index is 0.00681. The number of carbonyl (C=O) groups excluding carboxylic acids is 1. The highest BCUT2D eigenvalue weighted by Gasteiger charge is 2.36. The van der Waals surface area contributed by atoms with E-state index in [9.17, 15) is 27.6 Å². The van der Waals surface area contributed by atoms with Crippen molar-refractivity contribution >= 4 is 17.8 Å². The molecule has 0 amide bonds. The van der Waals surface area contributed by atoms with Gasteiger partial charge in [0, 0.05) is 18.3 Å². The molecule has 2 heterocycles. The number of nitriles is 1. The van der Waals surface area contributed by atoms with E-state index in [1.165, 1.54) is 13.1 Å². The second-order valence-corrected chi connectivity index (χ2v) is 8.26. The highest BCUT2D eigenvalue weighted by atomic mass is 35.5. The van der Waals surface area contributed by atoms with E-state index < -0.39 is 54.3 Å². The first-order chi connectivity index (χ1) is 17.3. The zero-order valence-electron chi connectivity index (χ0n) is 19.6. The number of halogens is 4. The van der Waals surface area contributed by atoms with Crippen LogP contribution in [0.15, 0.2) is 40.1 Å². The maximum atomic E-state index is 13.6. The van der Waals surface area contributed by atoms with Crippen molar-refractivity contribution in [2.75, 3.05) is 0 Å². The van der Waals surface area contributed by atoms with Crippen molar-refractivity contribution in [2.24, 2.45) is 7.05 Å². The number of rotatable bonds is 7. The third-order valence-electron chi connectivity index (χ3n) is 4.73. The van der Waals surface area contributed by atoms with Crippen molar-refractivity contribution in [2.45, 2.75) is 39.4 Å². The highest BCUT2D eigenvalue weighted by molar-refractivity contribution is 6.30. The molecule has 0 bridgehead atoms. The minimum atomic E-state index is -4.94. The summed E-state index contributed by atoms with van der Waals surface area (Å²) in [5, 5.41) is 13.1. The molecule has 0 aliphatic heterocycles. The molecule has 0 saturated heterocycles. The summed E-state index contributed by atoms with van der Waals surface area (Å²) < 4.78 is 58.5. The number of hydrogen-bond donors (Lipinski definition) is 0. The van der Waals surface area contributed by atoms with Crippen molar-refractivity contribution in [1.29, 1.82) is 5.26 Å². The van der Waals surface area contributed by atoms with Crippen LogP contribution in [-0.4, -0.2) is 31.2 Å². The molecule has 0 radical (unpaired) electrons. The number of carbonyl (C=O) groups is 1. The lowest BCUT2D eigenvalue weighted by Gasteiger charge is -2.15. The van der Waals surface area contributed by atoms with Crippen molar-refractivity contribution in [3.8, 4) is 17.6 Å². The molecule has 0 fully saturated rings. The monoisotopic (exact) mass is 541 g/mol. The number of ether oxygens (including phenoxy) is 3. The Bertz CT molecular complexity index is 1490. The Labute approximate surface area is 211 Å². The normalized spacial score (nSPS) is 11.3. The molecule has 0 N–H and O–H groups in total. The van der Waals surface area contributed by atoms with E-state index in [1.807, 2.05) is 0 Å². The summed E-state index contributed by atoms with van der Waals surface area (Å²) in [6.07, 6.45) is -5.56. The van der Waals surface area contributed by atoms with E-state index in [4.69, 9.17) is 31.1 Å². The molecular weight excluding hydrogens is 523 g/mol. The number of pyridine rings is 1. The lowest BCUT2D eigenvalue weighted by molar-refractivity contribution is -0.138. The largest absolute Gasteiger partial charge is 0.510 e. The van der Waals surface area contributed by atoms with E-state index in [0.29, 0.717) is 6.07 Å². The summed E-state index contributed by atoms with van der Waals surface area (Å²) in [5.74, 6) is -1.36. The third kappa shape index (κ3) is 6.50. The maximum absolute atomic E-state index is 13.6. The van der Waals surface area contributed by atoms with E-state index in [-0.39, 0.29) is 22.2 Å². The lowest BCUT2D eigenvalue weighted by Crippen LogP contribution is -2.27. The first-order valence-corrected chi connectivity index (χ1v) is 10.8. The van der Waals surface area contributed by atoms with Gasteiger partial charge in [0.15, 0.2) is 12.6 Å². The predicted octanol–water partition coefficient (Wildman–Crippen LogP) is 3.65. The molecule has 0 aliphatic carbocycles. The van der Waals surface area contributed by atoms with Crippen LogP contribution in [-0.2, 0) is 36.0 Å². The zero-order chi connectivity index (χ0) is 27.5. The van der Waals surface area contributed by atoms with Gasteiger partial charge in [0.05, 0.1) is 24.3 Å². The van der Waals surface area contributed by atoms with E-state index in [0.717, 1.165) is 32.1 Å². The van der Waals surface area contributed by atoms with Gasteiger partial charge in [-0.3, -0.25) is 9.36 Å². The average Bonchev–Trinajstić information content (AvgIpc) is 3.06. The van der Waals surface area contributed by atoms with E-state index in [1.54, 1.807) is 19.9 Å². The van der Waals surface area contributed by atoms with Crippen LogP contribution >= 0.6 is 11.6 Å². The fourth-order valence-corrected chi connectivity index (χ4v) is 3.28. The van der Waals surface area contributed by atoms with Gasteiger partial charge in [-0.15, -0.1) is 5.10 Å².